The van der Waals surface area contributed by atoms with Gasteiger partial charge >= 0.3 is 5.97 Å². The van der Waals surface area contributed by atoms with E-state index in [1.807, 2.05) is 34.6 Å². The molecule has 36 heavy (non-hydrogen) atoms. The summed E-state index contributed by atoms with van der Waals surface area (Å²) in [5.41, 5.74) is 6.26. The molecule has 0 spiro atoms. The lowest BCUT2D eigenvalue weighted by molar-refractivity contribution is -0.212. The summed E-state index contributed by atoms with van der Waals surface area (Å²) < 4.78 is 33.3. The van der Waals surface area contributed by atoms with E-state index in [2.05, 4.69) is 48.8 Å². The molecule has 12 heteroatoms. The summed E-state index contributed by atoms with van der Waals surface area (Å²) in [5, 5.41) is -0.147. The molecule has 4 rings (SSSR count). The van der Waals surface area contributed by atoms with Crippen LogP contribution in [0, 0.1) is 0 Å². The van der Waals surface area contributed by atoms with Gasteiger partial charge in [0.1, 0.15) is 35.8 Å². The minimum Gasteiger partial charge on any atom is -0.458 e. The summed E-state index contributed by atoms with van der Waals surface area (Å²) >= 11 is 0. The van der Waals surface area contributed by atoms with E-state index in [-0.39, 0.29) is 10.9 Å². The van der Waals surface area contributed by atoms with Gasteiger partial charge in [-0.05, 0) is 52.8 Å². The van der Waals surface area contributed by atoms with Gasteiger partial charge in [0.2, 0.25) is 0 Å². The smallest absolute Gasteiger partial charge is 0.337 e. The van der Waals surface area contributed by atoms with Crippen molar-refractivity contribution >= 4 is 31.3 Å². The summed E-state index contributed by atoms with van der Waals surface area (Å²) in [7, 11) is -2.43. The number of ether oxygens (including phenoxy) is 4. The Labute approximate surface area is 213 Å². The van der Waals surface area contributed by atoms with Gasteiger partial charge in [0, 0.05) is 0 Å². The Kier molecular flexibility index (Phi) is 6.53. The normalized spacial score (nSPS) is 27.3. The van der Waals surface area contributed by atoms with Gasteiger partial charge in [0.25, 0.3) is 0 Å². The third-order valence-electron chi connectivity index (χ3n) is 6.89. The Bertz CT molecular complexity index is 1140. The quantitative estimate of drug-likeness (QED) is 0.460. The highest BCUT2D eigenvalue weighted by molar-refractivity contribution is 6.74. The molecule has 0 radical (unpaired) electrons. The van der Waals surface area contributed by atoms with E-state index in [4.69, 9.17) is 29.1 Å². The average molecular weight is 522 g/mol. The number of imidazole rings is 1. The van der Waals surface area contributed by atoms with Crippen LogP contribution in [0.2, 0.25) is 18.1 Å². The number of nitrogen functional groups attached to an aromatic ring is 1. The van der Waals surface area contributed by atoms with Gasteiger partial charge in [-0.3, -0.25) is 4.57 Å². The van der Waals surface area contributed by atoms with Crippen molar-refractivity contribution in [3.8, 4) is 0 Å². The van der Waals surface area contributed by atoms with E-state index in [1.165, 1.54) is 6.33 Å². The highest BCUT2D eigenvalue weighted by Gasteiger charge is 2.61. The molecule has 1 unspecified atom stereocenters. The Morgan fingerprint density at radius 1 is 1.11 bits per heavy atom. The Hall–Kier alpha value is -2.12. The van der Waals surface area contributed by atoms with Crippen LogP contribution in [0.5, 0.6) is 0 Å². The zero-order valence-corrected chi connectivity index (χ0v) is 23.9. The Morgan fingerprint density at radius 3 is 2.36 bits per heavy atom. The highest BCUT2D eigenvalue weighted by atomic mass is 28.4. The lowest BCUT2D eigenvalue weighted by Crippen LogP contribution is -2.54. The van der Waals surface area contributed by atoms with Crippen LogP contribution in [0.4, 0.5) is 5.82 Å². The number of anilines is 1. The molecule has 2 aliphatic heterocycles. The fourth-order valence-electron chi connectivity index (χ4n) is 4.23. The topological polar surface area (TPSA) is 133 Å². The molecule has 2 aromatic heterocycles. The maximum atomic E-state index is 13.6. The largest absolute Gasteiger partial charge is 0.458 e. The number of nitrogens with zero attached hydrogens (tertiary/aromatic N) is 4. The second-order valence-electron chi connectivity index (χ2n) is 12.5. The number of carbonyl (C=O) groups is 1. The molecule has 0 bridgehead atoms. The minimum atomic E-state index is -2.43. The molecular formula is C24H39N5O6Si. The maximum absolute atomic E-state index is 13.6. The molecule has 0 aromatic carbocycles. The van der Waals surface area contributed by atoms with E-state index in [1.54, 1.807) is 10.9 Å². The molecule has 2 saturated heterocycles. The fourth-order valence-corrected chi connectivity index (χ4v) is 5.45. The molecule has 2 fully saturated rings. The fraction of sp³-hybridized carbons (Fsp3) is 0.750. The predicted molar refractivity (Wildman–Crippen MR) is 135 cm³/mol. The van der Waals surface area contributed by atoms with E-state index >= 15 is 0 Å². The number of hydrogen-bond donors (Lipinski definition) is 1. The predicted octanol–water partition coefficient (Wildman–Crippen LogP) is 3.56. The van der Waals surface area contributed by atoms with Gasteiger partial charge in [-0.1, -0.05) is 20.8 Å². The average Bonchev–Trinajstić information content (AvgIpc) is 3.35. The summed E-state index contributed by atoms with van der Waals surface area (Å²) in [5.74, 6) is -1.12. The molecule has 0 saturated carbocycles. The summed E-state index contributed by atoms with van der Waals surface area (Å²) in [6.07, 6.45) is -0.674. The molecule has 2 aliphatic rings. The molecule has 0 aliphatic carbocycles. The van der Waals surface area contributed by atoms with E-state index in [9.17, 15) is 4.79 Å². The summed E-state index contributed by atoms with van der Waals surface area (Å²) in [6, 6.07) is 0. The van der Waals surface area contributed by atoms with Gasteiger partial charge in [-0.15, -0.1) is 0 Å². The first-order valence-corrected chi connectivity index (χ1v) is 15.2. The first-order chi connectivity index (χ1) is 16.4. The SMILES string of the molecule is CC(C)(C)OC(=O)C(O[Si](C)(C)C(C)(C)C)[C@H]1O[C@@H](n2cnc3c(N)ncnc32)[C@@H]2OC(C)(C)O[C@@H]21. The summed E-state index contributed by atoms with van der Waals surface area (Å²) in [4.78, 5) is 26.3. The van der Waals surface area contributed by atoms with Crippen LogP contribution in [-0.2, 0) is 28.2 Å². The van der Waals surface area contributed by atoms with Crippen LogP contribution < -0.4 is 5.73 Å². The third-order valence-corrected chi connectivity index (χ3v) is 11.3. The molecule has 2 N–H and O–H groups in total. The van der Waals surface area contributed by atoms with Crippen molar-refractivity contribution in [3.05, 3.63) is 12.7 Å². The first-order valence-electron chi connectivity index (χ1n) is 12.2. The molecule has 2 aromatic rings. The van der Waals surface area contributed by atoms with Gasteiger partial charge in [-0.2, -0.15) is 0 Å². The molecule has 4 heterocycles. The number of fused-ring (bicyclic) bond motifs is 2. The second kappa shape index (κ2) is 8.73. The Balaban J connectivity index is 1.76. The van der Waals surface area contributed by atoms with Crippen LogP contribution in [0.25, 0.3) is 11.2 Å². The van der Waals surface area contributed by atoms with Gasteiger partial charge in [0.15, 0.2) is 37.9 Å². The number of esters is 1. The number of carbonyl (C=O) groups excluding carboxylic acids is 1. The molecule has 200 valence electrons. The maximum Gasteiger partial charge on any atom is 0.337 e. The van der Waals surface area contributed by atoms with Crippen LogP contribution >= 0.6 is 0 Å². The molecular weight excluding hydrogens is 482 g/mol. The van der Waals surface area contributed by atoms with Crippen LogP contribution in [0.15, 0.2) is 12.7 Å². The van der Waals surface area contributed by atoms with Gasteiger partial charge in [-0.25, -0.2) is 19.7 Å². The Morgan fingerprint density at radius 2 is 1.75 bits per heavy atom. The number of hydrogen-bond acceptors (Lipinski definition) is 10. The standard InChI is InChI=1S/C24H39N5O6Si/c1-22(2,3)34-21(30)17(35-36(9,10)23(4,5)6)14-15-16(33-24(7,8)32-15)20(31-14)29-12-28-13-18(25)26-11-27-19(13)29/h11-12,14-17,20H,1-10H3,(H2,25,26,27)/t14-,15+,16+,17?,20+/m0/s1. The molecule has 5 atom stereocenters. The zero-order valence-electron chi connectivity index (χ0n) is 22.9. The zero-order chi connectivity index (χ0) is 26.8. The van der Waals surface area contributed by atoms with Crippen LogP contribution in [-0.4, -0.2) is 69.6 Å². The van der Waals surface area contributed by atoms with E-state index < -0.39 is 56.3 Å². The second-order valence-corrected chi connectivity index (χ2v) is 17.2. The summed E-state index contributed by atoms with van der Waals surface area (Å²) in [6.45, 7) is 19.7. The minimum absolute atomic E-state index is 0.147. The van der Waals surface area contributed by atoms with Crippen molar-refractivity contribution in [1.29, 1.82) is 0 Å². The van der Waals surface area contributed by atoms with Crippen molar-refractivity contribution in [2.45, 2.75) is 116 Å². The third kappa shape index (κ3) is 5.01. The van der Waals surface area contributed by atoms with Gasteiger partial charge in [0.05, 0.1) is 6.33 Å². The van der Waals surface area contributed by atoms with Crippen molar-refractivity contribution in [1.82, 2.24) is 19.5 Å². The highest BCUT2D eigenvalue weighted by Crippen LogP contribution is 2.47. The van der Waals surface area contributed by atoms with Crippen molar-refractivity contribution in [2.24, 2.45) is 0 Å². The first kappa shape index (κ1) is 26.9. The van der Waals surface area contributed by atoms with E-state index in [0.717, 1.165) is 0 Å². The van der Waals surface area contributed by atoms with Crippen LogP contribution in [0.1, 0.15) is 61.6 Å². The van der Waals surface area contributed by atoms with Crippen molar-refractivity contribution < 1.29 is 28.2 Å². The molecule has 11 nitrogen and oxygen atoms in total. The van der Waals surface area contributed by atoms with E-state index in [0.29, 0.717) is 11.2 Å². The van der Waals surface area contributed by atoms with Crippen molar-refractivity contribution in [2.75, 3.05) is 5.73 Å². The lowest BCUT2D eigenvalue weighted by Gasteiger charge is -2.41. The lowest BCUT2D eigenvalue weighted by atomic mass is 10.1. The number of nitrogens with two attached hydrogens (primary N) is 1. The monoisotopic (exact) mass is 521 g/mol. The van der Waals surface area contributed by atoms with Crippen molar-refractivity contribution in [3.63, 3.8) is 0 Å². The van der Waals surface area contributed by atoms with Crippen LogP contribution in [0.3, 0.4) is 0 Å². The van der Waals surface area contributed by atoms with Gasteiger partial charge < -0.3 is 29.1 Å². The molecule has 0 amide bonds. The number of rotatable bonds is 5. The number of aromatic nitrogens is 4.